The minimum Gasteiger partial charge on any atom is -0.378 e. The Hall–Kier alpha value is -2.69. The van der Waals surface area contributed by atoms with Crippen LogP contribution in [-0.4, -0.2) is 30.7 Å². The van der Waals surface area contributed by atoms with Crippen molar-refractivity contribution in [1.29, 1.82) is 0 Å². The van der Waals surface area contributed by atoms with Crippen LogP contribution in [0.25, 0.3) is 0 Å². The lowest BCUT2D eigenvalue weighted by atomic mass is 10.1. The summed E-state index contributed by atoms with van der Waals surface area (Å²) < 4.78 is 0. The Morgan fingerprint density at radius 1 is 1.14 bits per heavy atom. The van der Waals surface area contributed by atoms with Crippen molar-refractivity contribution in [3.05, 3.63) is 59.9 Å². The molecule has 5 heteroatoms. The van der Waals surface area contributed by atoms with E-state index in [9.17, 15) is 4.79 Å². The predicted molar refractivity (Wildman–Crippen MR) is 84.7 cm³/mol. The van der Waals surface area contributed by atoms with E-state index < -0.39 is 0 Å². The summed E-state index contributed by atoms with van der Waals surface area (Å²) in [5.41, 5.74) is 5.67. The number of aromatic nitrogens is 1. The van der Waals surface area contributed by atoms with Crippen LogP contribution in [0.4, 0.5) is 5.69 Å². The zero-order chi connectivity index (χ0) is 15.2. The second kappa shape index (κ2) is 6.65. The van der Waals surface area contributed by atoms with Crippen LogP contribution in [0.5, 0.6) is 0 Å². The topological polar surface area (TPSA) is 57.6 Å². The van der Waals surface area contributed by atoms with E-state index in [1.165, 1.54) is 0 Å². The summed E-state index contributed by atoms with van der Waals surface area (Å²) in [4.78, 5) is 17.8. The smallest absolute Gasteiger partial charge is 0.289 e. The molecule has 0 spiro atoms. The number of carbonyl (C=O) groups is 1. The van der Waals surface area contributed by atoms with Gasteiger partial charge in [-0.3, -0.25) is 9.78 Å². The molecule has 0 saturated carbocycles. The molecule has 0 unspecified atom stereocenters. The molecule has 1 heterocycles. The van der Waals surface area contributed by atoms with E-state index in [0.717, 1.165) is 17.0 Å². The molecule has 0 aliphatic rings. The lowest BCUT2D eigenvalue weighted by Gasteiger charge is -2.12. The van der Waals surface area contributed by atoms with Crippen molar-refractivity contribution >= 4 is 17.3 Å². The third kappa shape index (κ3) is 3.89. The number of hydrogen-bond acceptors (Lipinski definition) is 4. The van der Waals surface area contributed by atoms with Gasteiger partial charge in [0.15, 0.2) is 0 Å². The first-order valence-electron chi connectivity index (χ1n) is 6.61. The Morgan fingerprint density at radius 3 is 2.43 bits per heavy atom. The Bertz CT molecular complexity index is 633. The van der Waals surface area contributed by atoms with Crippen LogP contribution >= 0.6 is 0 Å². The first-order valence-corrected chi connectivity index (χ1v) is 6.61. The number of anilines is 1. The minimum absolute atomic E-state index is 0.320. The highest BCUT2D eigenvalue weighted by atomic mass is 16.2. The fraction of sp³-hybridized carbons (Fsp3) is 0.188. The highest BCUT2D eigenvalue weighted by Crippen LogP contribution is 2.12. The lowest BCUT2D eigenvalue weighted by molar-refractivity contribution is 0.0950. The summed E-state index contributed by atoms with van der Waals surface area (Å²) >= 11 is 0. The van der Waals surface area contributed by atoms with E-state index >= 15 is 0 Å². The van der Waals surface area contributed by atoms with Crippen molar-refractivity contribution in [2.75, 3.05) is 19.0 Å². The predicted octanol–water partition coefficient (Wildman–Crippen LogP) is 2.30. The molecule has 2 aromatic rings. The van der Waals surface area contributed by atoms with Gasteiger partial charge in [0.2, 0.25) is 0 Å². The standard InChI is InChI=1S/C16H18N4O/c1-12(13-7-9-14(10-8-13)20(2)3)18-19-16(21)15-6-4-5-11-17-15/h4-11H,1-3H3,(H,19,21)/b18-12-. The van der Waals surface area contributed by atoms with Crippen molar-refractivity contribution in [1.82, 2.24) is 10.4 Å². The van der Waals surface area contributed by atoms with Gasteiger partial charge in [-0.15, -0.1) is 0 Å². The first-order chi connectivity index (χ1) is 10.1. The monoisotopic (exact) mass is 282 g/mol. The number of hydrazone groups is 1. The highest BCUT2D eigenvalue weighted by molar-refractivity contribution is 6.00. The third-order valence-electron chi connectivity index (χ3n) is 3.02. The summed E-state index contributed by atoms with van der Waals surface area (Å²) in [5.74, 6) is -0.320. The zero-order valence-corrected chi connectivity index (χ0v) is 12.4. The summed E-state index contributed by atoms with van der Waals surface area (Å²) in [6.07, 6.45) is 1.57. The average Bonchev–Trinajstić information content (AvgIpc) is 2.53. The van der Waals surface area contributed by atoms with Crippen molar-refractivity contribution in [2.45, 2.75) is 6.92 Å². The summed E-state index contributed by atoms with van der Waals surface area (Å²) in [5, 5.41) is 4.11. The molecule has 1 aromatic heterocycles. The van der Waals surface area contributed by atoms with Crippen LogP contribution in [-0.2, 0) is 0 Å². The van der Waals surface area contributed by atoms with Crippen molar-refractivity contribution < 1.29 is 4.79 Å². The first kappa shape index (κ1) is 14.7. The molecular formula is C16H18N4O. The van der Waals surface area contributed by atoms with Gasteiger partial charge in [-0.2, -0.15) is 5.10 Å². The molecule has 108 valence electrons. The Kier molecular flexibility index (Phi) is 4.66. The molecule has 0 fully saturated rings. The normalized spacial score (nSPS) is 11.1. The molecular weight excluding hydrogens is 264 g/mol. The van der Waals surface area contributed by atoms with Gasteiger partial charge >= 0.3 is 0 Å². The quantitative estimate of drug-likeness (QED) is 0.691. The van der Waals surface area contributed by atoms with Gasteiger partial charge in [-0.25, -0.2) is 5.43 Å². The summed E-state index contributed by atoms with van der Waals surface area (Å²) in [6, 6.07) is 13.1. The van der Waals surface area contributed by atoms with Crippen molar-refractivity contribution in [3.8, 4) is 0 Å². The maximum atomic E-state index is 11.8. The van der Waals surface area contributed by atoms with Gasteiger partial charge in [0, 0.05) is 26.0 Å². The molecule has 0 bridgehead atoms. The van der Waals surface area contributed by atoms with Crippen molar-refractivity contribution in [2.24, 2.45) is 5.10 Å². The maximum absolute atomic E-state index is 11.8. The zero-order valence-electron chi connectivity index (χ0n) is 12.4. The number of pyridine rings is 1. The highest BCUT2D eigenvalue weighted by Gasteiger charge is 2.05. The van der Waals surface area contributed by atoms with E-state index in [1.807, 2.05) is 50.2 Å². The number of carbonyl (C=O) groups excluding carboxylic acids is 1. The largest absolute Gasteiger partial charge is 0.378 e. The van der Waals surface area contributed by atoms with Crippen LogP contribution in [0.1, 0.15) is 23.0 Å². The summed E-state index contributed by atoms with van der Waals surface area (Å²) in [7, 11) is 3.98. The van der Waals surface area contributed by atoms with Crippen LogP contribution < -0.4 is 10.3 Å². The second-order valence-electron chi connectivity index (χ2n) is 4.79. The van der Waals surface area contributed by atoms with E-state index in [0.29, 0.717) is 5.69 Å². The molecule has 1 N–H and O–H groups in total. The number of benzene rings is 1. The molecule has 2 rings (SSSR count). The number of hydrogen-bond donors (Lipinski definition) is 1. The van der Waals surface area contributed by atoms with Gasteiger partial charge in [0.05, 0.1) is 5.71 Å². The van der Waals surface area contributed by atoms with Crippen LogP contribution in [0, 0.1) is 0 Å². The van der Waals surface area contributed by atoms with E-state index in [-0.39, 0.29) is 5.91 Å². The molecule has 1 amide bonds. The van der Waals surface area contributed by atoms with Gasteiger partial charge in [0.25, 0.3) is 5.91 Å². The maximum Gasteiger partial charge on any atom is 0.289 e. The minimum atomic E-state index is -0.320. The van der Waals surface area contributed by atoms with Gasteiger partial charge < -0.3 is 4.90 Å². The van der Waals surface area contributed by atoms with Gasteiger partial charge in [0.1, 0.15) is 5.69 Å². The molecule has 0 radical (unpaired) electrons. The average molecular weight is 282 g/mol. The number of nitrogens with one attached hydrogen (secondary N) is 1. The van der Waals surface area contributed by atoms with Crippen LogP contribution in [0.15, 0.2) is 53.8 Å². The van der Waals surface area contributed by atoms with Gasteiger partial charge in [-0.1, -0.05) is 18.2 Å². The number of nitrogens with zero attached hydrogens (tertiary/aromatic N) is 3. The van der Waals surface area contributed by atoms with Gasteiger partial charge in [-0.05, 0) is 36.8 Å². The van der Waals surface area contributed by atoms with Crippen molar-refractivity contribution in [3.63, 3.8) is 0 Å². The summed E-state index contributed by atoms with van der Waals surface area (Å²) in [6.45, 7) is 1.85. The Balaban J connectivity index is 2.05. The fourth-order valence-electron chi connectivity index (χ4n) is 1.75. The number of amides is 1. The molecule has 0 aliphatic carbocycles. The lowest BCUT2D eigenvalue weighted by Crippen LogP contribution is -2.20. The molecule has 1 aromatic carbocycles. The van der Waals surface area contributed by atoms with E-state index in [4.69, 9.17) is 0 Å². The van der Waals surface area contributed by atoms with Crippen LogP contribution in [0.3, 0.4) is 0 Å². The molecule has 0 atom stereocenters. The van der Waals surface area contributed by atoms with E-state index in [1.54, 1.807) is 24.4 Å². The molecule has 21 heavy (non-hydrogen) atoms. The van der Waals surface area contributed by atoms with E-state index in [2.05, 4.69) is 15.5 Å². The number of rotatable bonds is 4. The Labute approximate surface area is 124 Å². The second-order valence-corrected chi connectivity index (χ2v) is 4.79. The SMILES string of the molecule is C/C(=N/NC(=O)c1ccccn1)c1ccc(N(C)C)cc1. The van der Waals surface area contributed by atoms with Crippen LogP contribution in [0.2, 0.25) is 0 Å². The molecule has 0 aliphatic heterocycles. The third-order valence-corrected chi connectivity index (χ3v) is 3.02. The Morgan fingerprint density at radius 2 is 1.86 bits per heavy atom. The molecule has 0 saturated heterocycles. The molecule has 5 nitrogen and oxygen atoms in total. The fourth-order valence-corrected chi connectivity index (χ4v) is 1.75.